The molecule has 6 nitrogen and oxygen atoms in total. The lowest BCUT2D eigenvalue weighted by atomic mass is 9.98. The zero-order valence-electron chi connectivity index (χ0n) is 13.9. The van der Waals surface area contributed by atoms with E-state index in [4.69, 9.17) is 9.97 Å². The first-order valence-corrected chi connectivity index (χ1v) is 8.95. The average molecular weight is 314 g/mol. The van der Waals surface area contributed by atoms with E-state index in [0.29, 0.717) is 5.92 Å². The van der Waals surface area contributed by atoms with Crippen LogP contribution in [0.25, 0.3) is 11.0 Å². The van der Waals surface area contributed by atoms with Gasteiger partial charge in [-0.25, -0.2) is 9.97 Å². The van der Waals surface area contributed by atoms with Gasteiger partial charge < -0.3 is 10.6 Å². The second kappa shape index (κ2) is 6.43. The highest BCUT2D eigenvalue weighted by Gasteiger charge is 2.23. The molecule has 3 heterocycles. The quantitative estimate of drug-likeness (QED) is 0.907. The van der Waals surface area contributed by atoms with Crippen molar-refractivity contribution in [1.82, 2.24) is 25.1 Å². The fourth-order valence-corrected chi connectivity index (χ4v) is 3.87. The van der Waals surface area contributed by atoms with Crippen molar-refractivity contribution in [3.8, 4) is 0 Å². The minimum absolute atomic E-state index is 0.522. The van der Waals surface area contributed by atoms with Crippen LogP contribution in [-0.4, -0.2) is 39.4 Å². The number of fused-ring (bicyclic) bond motifs is 1. The highest BCUT2D eigenvalue weighted by Crippen LogP contribution is 2.34. The molecule has 23 heavy (non-hydrogen) atoms. The molecule has 2 N–H and O–H groups in total. The second-order valence-corrected chi connectivity index (χ2v) is 6.99. The normalized spacial score (nSPS) is 20.4. The Labute approximate surface area is 137 Å². The lowest BCUT2D eigenvalue weighted by Gasteiger charge is -2.23. The maximum atomic E-state index is 4.89. The van der Waals surface area contributed by atoms with E-state index in [9.17, 15) is 0 Å². The molecule has 0 aromatic carbocycles. The number of nitrogens with one attached hydrogen (secondary N) is 2. The van der Waals surface area contributed by atoms with Gasteiger partial charge in [0.15, 0.2) is 5.65 Å². The highest BCUT2D eigenvalue weighted by atomic mass is 15.3. The van der Waals surface area contributed by atoms with Gasteiger partial charge in [0.05, 0.1) is 11.6 Å². The summed E-state index contributed by atoms with van der Waals surface area (Å²) in [6.45, 7) is 3.25. The number of anilines is 1. The zero-order valence-corrected chi connectivity index (χ0v) is 13.9. The number of aromatic nitrogens is 4. The molecule has 1 aliphatic carbocycles. The number of rotatable bonds is 4. The predicted octanol–water partition coefficient (Wildman–Crippen LogP) is 2.43. The van der Waals surface area contributed by atoms with E-state index in [1.165, 1.54) is 38.5 Å². The topological polar surface area (TPSA) is 67.7 Å². The Hall–Kier alpha value is -1.69. The Morgan fingerprint density at radius 1 is 1.17 bits per heavy atom. The Balaban J connectivity index is 1.60. The van der Waals surface area contributed by atoms with Crippen LogP contribution in [0.5, 0.6) is 0 Å². The van der Waals surface area contributed by atoms with Crippen LogP contribution < -0.4 is 10.6 Å². The Morgan fingerprint density at radius 2 is 1.96 bits per heavy atom. The van der Waals surface area contributed by atoms with Gasteiger partial charge in [-0.3, -0.25) is 4.68 Å². The van der Waals surface area contributed by atoms with E-state index >= 15 is 0 Å². The second-order valence-electron chi connectivity index (χ2n) is 6.99. The van der Waals surface area contributed by atoms with Crippen molar-refractivity contribution < 1.29 is 0 Å². The van der Waals surface area contributed by atoms with Gasteiger partial charge in [-0.05, 0) is 44.7 Å². The van der Waals surface area contributed by atoms with Gasteiger partial charge in [0.1, 0.15) is 11.6 Å². The highest BCUT2D eigenvalue weighted by molar-refractivity contribution is 5.86. The summed E-state index contributed by atoms with van der Waals surface area (Å²) in [6.07, 6.45) is 9.41. The Kier molecular flexibility index (Phi) is 4.16. The molecule has 124 valence electrons. The molecule has 1 aliphatic heterocycles. The number of hydrogen-bond acceptors (Lipinski definition) is 5. The van der Waals surface area contributed by atoms with Crippen LogP contribution in [0.2, 0.25) is 0 Å². The van der Waals surface area contributed by atoms with Gasteiger partial charge in [-0.1, -0.05) is 12.8 Å². The van der Waals surface area contributed by atoms with Crippen molar-refractivity contribution in [2.45, 2.75) is 44.4 Å². The van der Waals surface area contributed by atoms with E-state index < -0.39 is 0 Å². The predicted molar refractivity (Wildman–Crippen MR) is 91.6 cm³/mol. The summed E-state index contributed by atoms with van der Waals surface area (Å²) in [7, 11) is 1.96. The Bertz CT molecular complexity index is 667. The first-order chi connectivity index (χ1) is 11.3. The lowest BCUT2D eigenvalue weighted by Crippen LogP contribution is -2.31. The third kappa shape index (κ3) is 3.04. The van der Waals surface area contributed by atoms with E-state index in [0.717, 1.165) is 48.2 Å². The van der Waals surface area contributed by atoms with E-state index in [1.807, 2.05) is 17.9 Å². The number of piperidine rings is 1. The molecule has 1 saturated carbocycles. The molecule has 0 radical (unpaired) electrons. The molecule has 0 spiro atoms. The molecule has 2 fully saturated rings. The van der Waals surface area contributed by atoms with Crippen LogP contribution in [0.1, 0.15) is 50.3 Å². The smallest absolute Gasteiger partial charge is 0.163 e. The summed E-state index contributed by atoms with van der Waals surface area (Å²) in [5, 5.41) is 12.5. The van der Waals surface area contributed by atoms with E-state index in [-0.39, 0.29) is 0 Å². The van der Waals surface area contributed by atoms with Crippen molar-refractivity contribution in [1.29, 1.82) is 0 Å². The Morgan fingerprint density at radius 3 is 2.74 bits per heavy atom. The average Bonchev–Trinajstić information content (AvgIpc) is 3.24. The minimum Gasteiger partial charge on any atom is -0.369 e. The van der Waals surface area contributed by atoms with Gasteiger partial charge in [-0.2, -0.15) is 5.10 Å². The van der Waals surface area contributed by atoms with Crippen LogP contribution >= 0.6 is 0 Å². The molecule has 4 rings (SSSR count). The number of nitrogens with zero attached hydrogens (tertiary/aromatic N) is 4. The van der Waals surface area contributed by atoms with Crippen LogP contribution in [0, 0.1) is 5.92 Å². The molecule has 1 saturated heterocycles. The third-order valence-electron chi connectivity index (χ3n) is 5.35. The van der Waals surface area contributed by atoms with Crippen molar-refractivity contribution in [2.75, 3.05) is 25.0 Å². The van der Waals surface area contributed by atoms with E-state index in [2.05, 4.69) is 15.7 Å². The molecule has 2 aromatic heterocycles. The van der Waals surface area contributed by atoms with Crippen molar-refractivity contribution >= 4 is 16.9 Å². The van der Waals surface area contributed by atoms with Crippen LogP contribution in [0.4, 0.5) is 5.82 Å². The summed E-state index contributed by atoms with van der Waals surface area (Å²) >= 11 is 0. The summed E-state index contributed by atoms with van der Waals surface area (Å²) < 4.78 is 1.87. The molecule has 2 aliphatic rings. The molecule has 0 unspecified atom stereocenters. The van der Waals surface area contributed by atoms with Crippen molar-refractivity contribution in [2.24, 2.45) is 13.0 Å². The number of hydrogen-bond donors (Lipinski definition) is 2. The van der Waals surface area contributed by atoms with Crippen molar-refractivity contribution in [3.05, 3.63) is 12.0 Å². The third-order valence-corrected chi connectivity index (χ3v) is 5.35. The van der Waals surface area contributed by atoms with Gasteiger partial charge in [0.25, 0.3) is 0 Å². The maximum Gasteiger partial charge on any atom is 0.163 e. The summed E-state index contributed by atoms with van der Waals surface area (Å²) in [4.78, 5) is 9.70. The monoisotopic (exact) mass is 314 g/mol. The summed E-state index contributed by atoms with van der Waals surface area (Å²) in [6, 6.07) is 0. The first kappa shape index (κ1) is 14.9. The van der Waals surface area contributed by atoms with Gasteiger partial charge in [0, 0.05) is 19.5 Å². The fraction of sp³-hybridized carbons (Fsp3) is 0.706. The molecule has 2 aromatic rings. The zero-order chi connectivity index (χ0) is 15.6. The fourth-order valence-electron chi connectivity index (χ4n) is 3.87. The van der Waals surface area contributed by atoms with Crippen LogP contribution in [0.15, 0.2) is 6.20 Å². The van der Waals surface area contributed by atoms with Crippen molar-refractivity contribution in [3.63, 3.8) is 0 Å². The SMILES string of the molecule is Cn1ncc2c(NCC3CCNCC3)nc(C3CCCC3)nc21. The molecule has 6 heteroatoms. The summed E-state index contributed by atoms with van der Waals surface area (Å²) in [5.74, 6) is 3.23. The number of aryl methyl sites for hydroxylation is 1. The van der Waals surface area contributed by atoms with Gasteiger partial charge >= 0.3 is 0 Å². The van der Waals surface area contributed by atoms with Crippen LogP contribution in [0.3, 0.4) is 0 Å². The standard InChI is InChI=1S/C17H26N6/c1-23-17-14(11-20-23)16(19-10-12-6-8-18-9-7-12)21-15(22-17)13-4-2-3-5-13/h11-13,18H,2-10H2,1H3,(H,19,21,22). The van der Waals surface area contributed by atoms with Crippen LogP contribution in [-0.2, 0) is 7.05 Å². The summed E-state index contributed by atoms with van der Waals surface area (Å²) in [5.41, 5.74) is 0.953. The molecular weight excluding hydrogens is 288 g/mol. The van der Waals surface area contributed by atoms with Gasteiger partial charge in [0.2, 0.25) is 0 Å². The van der Waals surface area contributed by atoms with Gasteiger partial charge in [-0.15, -0.1) is 0 Å². The first-order valence-electron chi connectivity index (χ1n) is 8.95. The molecule has 0 amide bonds. The largest absolute Gasteiger partial charge is 0.369 e. The lowest BCUT2D eigenvalue weighted by molar-refractivity contribution is 0.389. The maximum absolute atomic E-state index is 4.89. The molecular formula is C17H26N6. The molecule has 0 atom stereocenters. The molecule has 0 bridgehead atoms. The minimum atomic E-state index is 0.522. The van der Waals surface area contributed by atoms with E-state index in [1.54, 1.807) is 0 Å².